The molecule has 0 aliphatic rings. The average molecular weight is 182 g/mol. The van der Waals surface area contributed by atoms with E-state index in [0.29, 0.717) is 0 Å². The van der Waals surface area contributed by atoms with Gasteiger partial charge in [-0.05, 0) is 31.9 Å². The third kappa shape index (κ3) is 2.15. The van der Waals surface area contributed by atoms with Crippen LogP contribution < -0.4 is 0 Å². The van der Waals surface area contributed by atoms with Crippen molar-refractivity contribution in [2.24, 2.45) is 0 Å². The molecule has 0 bridgehead atoms. The molecule has 2 heteroatoms. The van der Waals surface area contributed by atoms with Gasteiger partial charge in [-0.2, -0.15) is 9.90 Å². The maximum absolute atomic E-state index is 10.6. The Kier molecular flexibility index (Phi) is 4.12. The molecule has 0 heterocycles. The van der Waals surface area contributed by atoms with Gasteiger partial charge in [0.15, 0.2) is 6.29 Å². The molecule has 0 spiro atoms. The molecule has 0 saturated heterocycles. The zero-order valence-corrected chi connectivity index (χ0v) is 9.26. The third-order valence-electron chi connectivity index (χ3n) is 1.86. The summed E-state index contributed by atoms with van der Waals surface area (Å²) in [5.41, 5.74) is 4.18. The summed E-state index contributed by atoms with van der Waals surface area (Å²) in [6.07, 6.45) is 0.921. The van der Waals surface area contributed by atoms with E-state index in [1.807, 2.05) is 32.9 Å². The van der Waals surface area contributed by atoms with Gasteiger partial charge in [0.05, 0.1) is 0 Å². The Morgan fingerprint density at radius 3 is 1.83 bits per heavy atom. The fraction of sp³-hybridized carbons (Fsp3) is 0.300. The van der Waals surface area contributed by atoms with Crippen LogP contribution in [0.25, 0.3) is 0 Å². The van der Waals surface area contributed by atoms with Crippen LogP contribution >= 0.6 is 9.90 Å². The van der Waals surface area contributed by atoms with Crippen molar-refractivity contribution < 1.29 is 4.79 Å². The van der Waals surface area contributed by atoms with E-state index < -0.39 is 0 Å². The van der Waals surface area contributed by atoms with E-state index in [-0.39, 0.29) is 9.90 Å². The van der Waals surface area contributed by atoms with Gasteiger partial charge in [-0.1, -0.05) is 17.7 Å². The number of carbonyl (C=O) groups is 1. The molecule has 66 valence electrons. The first-order valence-electron chi connectivity index (χ1n) is 3.68. The Bertz CT molecular complexity index is 269. The summed E-state index contributed by atoms with van der Waals surface area (Å²) in [5, 5.41) is 0. The first-order valence-corrected chi connectivity index (χ1v) is 3.68. The molecule has 1 atom stereocenters. The lowest BCUT2D eigenvalue weighted by molar-refractivity contribution is 0.112. The van der Waals surface area contributed by atoms with Crippen LogP contribution in [0.4, 0.5) is 0 Å². The SMILES string of the molecule is Cc1cc(C)c(C=O)c(C)c1.P. The number of benzene rings is 1. The van der Waals surface area contributed by atoms with E-state index in [1.165, 1.54) is 5.56 Å². The van der Waals surface area contributed by atoms with E-state index in [1.54, 1.807) is 0 Å². The molecule has 0 radical (unpaired) electrons. The number of hydrogen-bond donors (Lipinski definition) is 0. The Morgan fingerprint density at radius 1 is 1.08 bits per heavy atom. The van der Waals surface area contributed by atoms with Gasteiger partial charge in [0.2, 0.25) is 0 Å². The van der Waals surface area contributed by atoms with Crippen molar-refractivity contribution in [2.75, 3.05) is 0 Å². The molecule has 12 heavy (non-hydrogen) atoms. The van der Waals surface area contributed by atoms with Crippen molar-refractivity contribution in [3.05, 3.63) is 34.4 Å². The molecule has 0 fully saturated rings. The Balaban J connectivity index is 0.00000121. The van der Waals surface area contributed by atoms with Crippen LogP contribution in [-0.2, 0) is 0 Å². The molecule has 0 aliphatic heterocycles. The number of aldehydes is 1. The first-order chi connectivity index (χ1) is 5.15. The molecule has 0 amide bonds. The van der Waals surface area contributed by atoms with E-state index in [0.717, 1.165) is 23.0 Å². The van der Waals surface area contributed by atoms with Crippen molar-refractivity contribution in [3.63, 3.8) is 0 Å². The second-order valence-corrected chi connectivity index (χ2v) is 2.93. The molecule has 1 nitrogen and oxygen atoms in total. The van der Waals surface area contributed by atoms with Gasteiger partial charge in [0.25, 0.3) is 0 Å². The van der Waals surface area contributed by atoms with E-state index in [9.17, 15) is 4.79 Å². The number of carbonyl (C=O) groups excluding carboxylic acids is 1. The van der Waals surface area contributed by atoms with Crippen molar-refractivity contribution in [3.8, 4) is 0 Å². The minimum absolute atomic E-state index is 0. The van der Waals surface area contributed by atoms with Crippen LogP contribution in [0, 0.1) is 20.8 Å². The summed E-state index contributed by atoms with van der Waals surface area (Å²) < 4.78 is 0. The van der Waals surface area contributed by atoms with E-state index in [2.05, 4.69) is 0 Å². The van der Waals surface area contributed by atoms with Gasteiger partial charge in [0.1, 0.15) is 0 Å². The molecular formula is C10H15OP. The van der Waals surface area contributed by atoms with Gasteiger partial charge in [-0.25, -0.2) is 0 Å². The fourth-order valence-corrected chi connectivity index (χ4v) is 1.38. The van der Waals surface area contributed by atoms with Crippen LogP contribution in [-0.4, -0.2) is 6.29 Å². The van der Waals surface area contributed by atoms with Crippen LogP contribution in [0.1, 0.15) is 27.0 Å². The average Bonchev–Trinajstić information content (AvgIpc) is 1.85. The molecule has 0 saturated carbocycles. The summed E-state index contributed by atoms with van der Waals surface area (Å²) in [6.45, 7) is 5.96. The van der Waals surface area contributed by atoms with Crippen LogP contribution in [0.15, 0.2) is 12.1 Å². The normalized spacial score (nSPS) is 8.92. The summed E-state index contributed by atoms with van der Waals surface area (Å²) in [6, 6.07) is 4.05. The lowest BCUT2D eigenvalue weighted by Gasteiger charge is -2.03. The standard InChI is InChI=1S/C10H12O.H3P/c1-7-4-8(2)10(6-11)9(3)5-7;/h4-6H,1-3H3;1H3. The van der Waals surface area contributed by atoms with Crippen LogP contribution in [0.3, 0.4) is 0 Å². The lowest BCUT2D eigenvalue weighted by Crippen LogP contribution is -1.91. The monoisotopic (exact) mass is 182 g/mol. The maximum Gasteiger partial charge on any atom is 0.150 e. The molecule has 1 aromatic rings. The highest BCUT2D eigenvalue weighted by Gasteiger charge is 2.00. The molecule has 0 N–H and O–H groups in total. The Hall–Kier alpha value is -0.680. The first kappa shape index (κ1) is 11.3. The third-order valence-corrected chi connectivity index (χ3v) is 1.86. The molecular weight excluding hydrogens is 167 g/mol. The van der Waals surface area contributed by atoms with Crippen molar-refractivity contribution in [1.82, 2.24) is 0 Å². The minimum Gasteiger partial charge on any atom is -0.298 e. The highest BCUT2D eigenvalue weighted by atomic mass is 31.0. The van der Waals surface area contributed by atoms with Gasteiger partial charge < -0.3 is 0 Å². The molecule has 1 rings (SSSR count). The van der Waals surface area contributed by atoms with Crippen molar-refractivity contribution >= 4 is 16.2 Å². The number of hydrogen-bond acceptors (Lipinski definition) is 1. The predicted molar refractivity (Wildman–Crippen MR) is 57.1 cm³/mol. The molecule has 0 aromatic heterocycles. The highest BCUT2D eigenvalue weighted by Crippen LogP contribution is 2.13. The zero-order chi connectivity index (χ0) is 8.43. The highest BCUT2D eigenvalue weighted by molar-refractivity contribution is 6.92. The molecule has 0 aliphatic carbocycles. The van der Waals surface area contributed by atoms with Crippen molar-refractivity contribution in [1.29, 1.82) is 0 Å². The van der Waals surface area contributed by atoms with Gasteiger partial charge in [-0.3, -0.25) is 4.79 Å². The zero-order valence-electron chi connectivity index (χ0n) is 7.85. The van der Waals surface area contributed by atoms with Crippen LogP contribution in [0.2, 0.25) is 0 Å². The largest absolute Gasteiger partial charge is 0.298 e. The lowest BCUT2D eigenvalue weighted by atomic mass is 10.0. The van der Waals surface area contributed by atoms with Gasteiger partial charge in [-0.15, -0.1) is 0 Å². The van der Waals surface area contributed by atoms with E-state index in [4.69, 9.17) is 0 Å². The summed E-state index contributed by atoms with van der Waals surface area (Å²) in [5.74, 6) is 0. The second kappa shape index (κ2) is 4.37. The number of rotatable bonds is 1. The van der Waals surface area contributed by atoms with Gasteiger partial charge in [0, 0.05) is 5.56 Å². The van der Waals surface area contributed by atoms with Crippen molar-refractivity contribution in [2.45, 2.75) is 20.8 Å². The summed E-state index contributed by atoms with van der Waals surface area (Å²) >= 11 is 0. The number of aryl methyl sites for hydroxylation is 3. The molecule has 1 aromatic carbocycles. The van der Waals surface area contributed by atoms with E-state index >= 15 is 0 Å². The minimum atomic E-state index is 0. The smallest absolute Gasteiger partial charge is 0.150 e. The quantitative estimate of drug-likeness (QED) is 0.481. The Morgan fingerprint density at radius 2 is 1.50 bits per heavy atom. The summed E-state index contributed by atoms with van der Waals surface area (Å²) in [4.78, 5) is 10.6. The fourth-order valence-electron chi connectivity index (χ4n) is 1.38. The molecule has 1 unspecified atom stereocenters. The van der Waals surface area contributed by atoms with Crippen LogP contribution in [0.5, 0.6) is 0 Å². The Labute approximate surface area is 76.8 Å². The topological polar surface area (TPSA) is 17.1 Å². The predicted octanol–water partition coefficient (Wildman–Crippen LogP) is 2.48. The maximum atomic E-state index is 10.6. The van der Waals surface area contributed by atoms with Gasteiger partial charge >= 0.3 is 0 Å². The second-order valence-electron chi connectivity index (χ2n) is 2.93. The summed E-state index contributed by atoms with van der Waals surface area (Å²) in [7, 11) is 0.